The molecule has 2 aromatic rings. The minimum absolute atomic E-state index is 0.166. The van der Waals surface area contributed by atoms with Crippen molar-refractivity contribution in [3.05, 3.63) is 66.2 Å². The first-order valence-corrected chi connectivity index (χ1v) is 9.36. The lowest BCUT2D eigenvalue weighted by molar-refractivity contribution is -0.128. The van der Waals surface area contributed by atoms with E-state index in [-0.39, 0.29) is 16.8 Å². The highest BCUT2D eigenvalue weighted by molar-refractivity contribution is 7.89. The summed E-state index contributed by atoms with van der Waals surface area (Å²) in [4.78, 5) is 12.7. The molecule has 0 saturated carbocycles. The Hall–Kier alpha value is -2.18. The van der Waals surface area contributed by atoms with E-state index < -0.39 is 16.1 Å². The molecular weight excluding hydrogens is 324 g/mol. The second-order valence-electron chi connectivity index (χ2n) is 5.87. The fraction of sp³-hybridized carbons (Fsp3) is 0.278. The van der Waals surface area contributed by atoms with Crippen LogP contribution in [0, 0.1) is 0 Å². The van der Waals surface area contributed by atoms with Crippen LogP contribution in [-0.4, -0.2) is 31.2 Å². The molecule has 0 unspecified atom stereocenters. The van der Waals surface area contributed by atoms with Gasteiger partial charge in [0.1, 0.15) is 6.04 Å². The molecule has 1 saturated heterocycles. The Morgan fingerprint density at radius 2 is 1.67 bits per heavy atom. The van der Waals surface area contributed by atoms with Gasteiger partial charge in [0.25, 0.3) is 0 Å². The fourth-order valence-corrected chi connectivity index (χ4v) is 4.43. The molecule has 1 aliphatic heterocycles. The van der Waals surface area contributed by atoms with Gasteiger partial charge < -0.3 is 5.32 Å². The van der Waals surface area contributed by atoms with Crippen molar-refractivity contribution in [1.29, 1.82) is 0 Å². The van der Waals surface area contributed by atoms with Crippen molar-refractivity contribution in [3.8, 4) is 0 Å². The van der Waals surface area contributed by atoms with Gasteiger partial charge in [-0.1, -0.05) is 48.5 Å². The number of nitrogens with zero attached hydrogens (tertiary/aromatic N) is 1. The van der Waals surface area contributed by atoms with Crippen LogP contribution in [0.4, 0.5) is 0 Å². The van der Waals surface area contributed by atoms with Crippen LogP contribution in [0.5, 0.6) is 0 Å². The molecule has 3 rings (SSSR count). The molecule has 126 valence electrons. The van der Waals surface area contributed by atoms with Crippen LogP contribution < -0.4 is 5.32 Å². The lowest BCUT2D eigenvalue weighted by Crippen LogP contribution is -2.58. The third-order valence-electron chi connectivity index (χ3n) is 4.28. The molecule has 24 heavy (non-hydrogen) atoms. The maximum absolute atomic E-state index is 12.6. The van der Waals surface area contributed by atoms with Gasteiger partial charge in [-0.15, -0.1) is 0 Å². The number of sulfonamides is 1. The second-order valence-corrected chi connectivity index (χ2v) is 7.76. The monoisotopic (exact) mass is 344 g/mol. The number of nitrogens with one attached hydrogen (secondary N) is 1. The number of carbonyl (C=O) groups excluding carboxylic acids is 1. The summed E-state index contributed by atoms with van der Waals surface area (Å²) in [6.07, 6.45) is 0.541. The molecular formula is C18H20N2O3S. The van der Waals surface area contributed by atoms with E-state index in [9.17, 15) is 13.2 Å². The molecule has 1 amide bonds. The predicted octanol–water partition coefficient (Wildman–Crippen LogP) is 2.33. The average Bonchev–Trinajstić information content (AvgIpc) is 2.55. The van der Waals surface area contributed by atoms with Gasteiger partial charge in [-0.2, -0.15) is 4.31 Å². The van der Waals surface area contributed by atoms with E-state index in [0.29, 0.717) is 13.0 Å². The summed E-state index contributed by atoms with van der Waals surface area (Å²) in [5.41, 5.74) is 0.989. The van der Waals surface area contributed by atoms with Crippen LogP contribution in [0.1, 0.15) is 24.9 Å². The molecule has 0 bridgehead atoms. The summed E-state index contributed by atoms with van der Waals surface area (Å²) in [6.45, 7) is 2.26. The zero-order valence-electron chi connectivity index (χ0n) is 13.4. The summed E-state index contributed by atoms with van der Waals surface area (Å²) in [6, 6.07) is 17.0. The van der Waals surface area contributed by atoms with E-state index in [1.807, 2.05) is 37.3 Å². The largest absolute Gasteiger partial charge is 0.348 e. The van der Waals surface area contributed by atoms with Gasteiger partial charge in [-0.25, -0.2) is 8.42 Å². The van der Waals surface area contributed by atoms with Crippen molar-refractivity contribution in [1.82, 2.24) is 9.62 Å². The Morgan fingerprint density at radius 1 is 1.08 bits per heavy atom. The highest BCUT2D eigenvalue weighted by Crippen LogP contribution is 2.27. The van der Waals surface area contributed by atoms with E-state index in [2.05, 4.69) is 5.32 Å². The Bertz CT molecular complexity index is 807. The van der Waals surface area contributed by atoms with Crippen molar-refractivity contribution >= 4 is 15.9 Å². The number of carbonyl (C=O) groups is 1. The van der Waals surface area contributed by atoms with Crippen molar-refractivity contribution < 1.29 is 13.2 Å². The molecule has 1 heterocycles. The van der Waals surface area contributed by atoms with Gasteiger partial charge >= 0.3 is 0 Å². The minimum atomic E-state index is -3.62. The first kappa shape index (κ1) is 16.7. The van der Waals surface area contributed by atoms with Gasteiger partial charge in [-0.05, 0) is 31.0 Å². The normalized spacial score (nSPS) is 19.3. The molecule has 0 aromatic heterocycles. The van der Waals surface area contributed by atoms with Gasteiger partial charge in [0.15, 0.2) is 0 Å². The summed E-state index contributed by atoms with van der Waals surface area (Å²) in [5.74, 6) is -0.253. The van der Waals surface area contributed by atoms with Gasteiger partial charge in [-0.3, -0.25) is 4.79 Å². The lowest BCUT2D eigenvalue weighted by atomic mass is 10.0. The van der Waals surface area contributed by atoms with Crippen molar-refractivity contribution in [2.75, 3.05) is 6.54 Å². The maximum Gasteiger partial charge on any atom is 0.243 e. The molecule has 2 atom stereocenters. The molecule has 1 aliphatic rings. The molecule has 1 N–H and O–H groups in total. The Morgan fingerprint density at radius 3 is 2.21 bits per heavy atom. The van der Waals surface area contributed by atoms with Crippen molar-refractivity contribution in [2.45, 2.75) is 30.3 Å². The Kier molecular flexibility index (Phi) is 4.69. The number of hydrogen-bond acceptors (Lipinski definition) is 3. The van der Waals surface area contributed by atoms with E-state index in [1.54, 1.807) is 30.3 Å². The number of benzene rings is 2. The summed E-state index contributed by atoms with van der Waals surface area (Å²) in [5, 5.41) is 2.91. The molecule has 2 aromatic carbocycles. The zero-order valence-corrected chi connectivity index (χ0v) is 14.2. The summed E-state index contributed by atoms with van der Waals surface area (Å²) >= 11 is 0. The first-order valence-electron chi connectivity index (χ1n) is 7.92. The quantitative estimate of drug-likeness (QED) is 0.905. The van der Waals surface area contributed by atoms with E-state index in [4.69, 9.17) is 0 Å². The third kappa shape index (κ3) is 3.20. The molecule has 0 spiro atoms. The van der Waals surface area contributed by atoms with Gasteiger partial charge in [0, 0.05) is 6.54 Å². The highest BCUT2D eigenvalue weighted by Gasteiger charge is 2.42. The molecule has 1 fully saturated rings. The van der Waals surface area contributed by atoms with Crippen LogP contribution in [-0.2, 0) is 14.8 Å². The summed E-state index contributed by atoms with van der Waals surface area (Å²) < 4.78 is 26.5. The first-order chi connectivity index (χ1) is 11.5. The molecule has 5 nitrogen and oxygen atoms in total. The Labute approximate surface area is 142 Å². The fourth-order valence-electron chi connectivity index (χ4n) is 2.78. The van der Waals surface area contributed by atoms with Crippen LogP contribution >= 0.6 is 0 Å². The van der Waals surface area contributed by atoms with Crippen molar-refractivity contribution in [3.63, 3.8) is 0 Å². The highest BCUT2D eigenvalue weighted by atomic mass is 32.2. The standard InChI is InChI=1S/C18H20N2O3S/c1-14(15-8-4-2-5-9-15)19-18(21)17-12-13-20(17)24(22,23)16-10-6-3-7-11-16/h2-11,14,17H,12-13H2,1H3,(H,19,21)/t14-,17-/m0/s1. The van der Waals surface area contributed by atoms with E-state index >= 15 is 0 Å². The van der Waals surface area contributed by atoms with Crippen LogP contribution in [0.3, 0.4) is 0 Å². The number of amides is 1. The lowest BCUT2D eigenvalue weighted by Gasteiger charge is -2.38. The zero-order chi connectivity index (χ0) is 17.2. The molecule has 6 heteroatoms. The van der Waals surface area contributed by atoms with Gasteiger partial charge in [0.05, 0.1) is 10.9 Å². The van der Waals surface area contributed by atoms with Gasteiger partial charge in [0.2, 0.25) is 15.9 Å². The van der Waals surface area contributed by atoms with Crippen LogP contribution in [0.25, 0.3) is 0 Å². The van der Waals surface area contributed by atoms with Crippen LogP contribution in [0.2, 0.25) is 0 Å². The molecule has 0 radical (unpaired) electrons. The predicted molar refractivity (Wildman–Crippen MR) is 91.7 cm³/mol. The number of hydrogen-bond donors (Lipinski definition) is 1. The third-order valence-corrected chi connectivity index (χ3v) is 6.20. The van der Waals surface area contributed by atoms with E-state index in [1.165, 1.54) is 4.31 Å². The smallest absolute Gasteiger partial charge is 0.243 e. The summed E-state index contributed by atoms with van der Waals surface area (Å²) in [7, 11) is -3.62. The Balaban J connectivity index is 1.71. The SMILES string of the molecule is C[C@H](NC(=O)[C@@H]1CCN1S(=O)(=O)c1ccccc1)c1ccccc1. The topological polar surface area (TPSA) is 66.5 Å². The number of rotatable bonds is 5. The average molecular weight is 344 g/mol. The van der Waals surface area contributed by atoms with Crippen LogP contribution in [0.15, 0.2) is 65.6 Å². The second kappa shape index (κ2) is 6.75. The van der Waals surface area contributed by atoms with E-state index in [0.717, 1.165) is 5.56 Å². The minimum Gasteiger partial charge on any atom is -0.348 e. The maximum atomic E-state index is 12.6. The molecule has 0 aliphatic carbocycles. The van der Waals surface area contributed by atoms with Crippen molar-refractivity contribution in [2.24, 2.45) is 0 Å².